The summed E-state index contributed by atoms with van der Waals surface area (Å²) in [5.41, 5.74) is 1.36. The van der Waals surface area contributed by atoms with Crippen LogP contribution in [-0.4, -0.2) is 19.6 Å². The van der Waals surface area contributed by atoms with Crippen molar-refractivity contribution in [3.63, 3.8) is 0 Å². The molecule has 0 amide bonds. The third-order valence-corrected chi connectivity index (χ3v) is 2.74. The molecule has 0 aliphatic carbocycles. The van der Waals surface area contributed by atoms with E-state index >= 15 is 0 Å². The van der Waals surface area contributed by atoms with Gasteiger partial charge in [-0.1, -0.05) is 37.3 Å². The lowest BCUT2D eigenvalue weighted by atomic mass is 10.1. The molecule has 1 unspecified atom stereocenters. The molecule has 0 saturated heterocycles. The van der Waals surface area contributed by atoms with E-state index in [-0.39, 0.29) is 0 Å². The van der Waals surface area contributed by atoms with Gasteiger partial charge in [0.05, 0.1) is 0 Å². The molecule has 1 atom stereocenters. The van der Waals surface area contributed by atoms with Gasteiger partial charge >= 0.3 is 0 Å². The normalized spacial score (nSPS) is 12.7. The van der Waals surface area contributed by atoms with E-state index in [1.165, 1.54) is 18.4 Å². The van der Waals surface area contributed by atoms with Gasteiger partial charge in [0.1, 0.15) is 0 Å². The highest BCUT2D eigenvalue weighted by Crippen LogP contribution is 1.98. The minimum Gasteiger partial charge on any atom is -0.317 e. The zero-order valence-electron chi connectivity index (χ0n) is 9.79. The second-order valence-electron chi connectivity index (χ2n) is 3.84. The first-order chi connectivity index (χ1) is 7.36. The van der Waals surface area contributed by atoms with Crippen LogP contribution in [0.4, 0.5) is 0 Å². The monoisotopic (exact) mass is 206 g/mol. The lowest BCUT2D eigenvalue weighted by molar-refractivity contribution is 0.485. The Labute approximate surface area is 93.1 Å². The van der Waals surface area contributed by atoms with Crippen LogP contribution in [0.3, 0.4) is 0 Å². The summed E-state index contributed by atoms with van der Waals surface area (Å²) in [6, 6.07) is 11.2. The van der Waals surface area contributed by atoms with Gasteiger partial charge in [0.2, 0.25) is 0 Å². The molecule has 0 bridgehead atoms. The molecule has 2 heteroatoms. The zero-order valence-corrected chi connectivity index (χ0v) is 9.79. The highest BCUT2D eigenvalue weighted by Gasteiger charge is 2.01. The zero-order chi connectivity index (χ0) is 10.9. The number of benzene rings is 1. The van der Waals surface area contributed by atoms with Crippen molar-refractivity contribution in [2.75, 3.05) is 13.6 Å². The summed E-state index contributed by atoms with van der Waals surface area (Å²) in [6.45, 7) is 4.27. The van der Waals surface area contributed by atoms with E-state index in [0.717, 1.165) is 13.1 Å². The predicted octanol–water partition coefficient (Wildman–Crippen LogP) is 2.16. The third-order valence-electron chi connectivity index (χ3n) is 2.74. The maximum atomic E-state index is 3.46. The third kappa shape index (κ3) is 4.96. The van der Waals surface area contributed by atoms with Gasteiger partial charge < -0.3 is 10.6 Å². The molecule has 15 heavy (non-hydrogen) atoms. The Kier molecular flexibility index (Phi) is 6.05. The van der Waals surface area contributed by atoms with Gasteiger partial charge in [0.15, 0.2) is 0 Å². The molecule has 2 N–H and O–H groups in total. The Balaban J connectivity index is 2.12. The first-order valence-electron chi connectivity index (χ1n) is 5.78. The maximum Gasteiger partial charge on any atom is 0.0205 e. The van der Waals surface area contributed by atoms with Crippen molar-refractivity contribution in [2.45, 2.75) is 32.4 Å². The molecule has 0 radical (unpaired) electrons. The molecular formula is C13H22N2. The van der Waals surface area contributed by atoms with Crippen LogP contribution in [0.5, 0.6) is 0 Å². The van der Waals surface area contributed by atoms with E-state index in [0.29, 0.717) is 6.04 Å². The fourth-order valence-corrected chi connectivity index (χ4v) is 1.66. The van der Waals surface area contributed by atoms with Gasteiger partial charge in [0, 0.05) is 12.6 Å². The van der Waals surface area contributed by atoms with Crippen LogP contribution in [0.1, 0.15) is 25.3 Å². The molecule has 0 aromatic heterocycles. The molecule has 2 nitrogen and oxygen atoms in total. The van der Waals surface area contributed by atoms with Crippen molar-refractivity contribution in [1.82, 2.24) is 10.6 Å². The Morgan fingerprint density at radius 3 is 2.53 bits per heavy atom. The lowest BCUT2D eigenvalue weighted by Gasteiger charge is -2.13. The van der Waals surface area contributed by atoms with Crippen molar-refractivity contribution in [3.05, 3.63) is 35.9 Å². The number of nitrogens with one attached hydrogen (secondary N) is 2. The first-order valence-corrected chi connectivity index (χ1v) is 5.78. The summed E-state index contributed by atoms with van der Waals surface area (Å²) in [5, 5.41) is 6.77. The summed E-state index contributed by atoms with van der Waals surface area (Å²) >= 11 is 0. The molecule has 1 aromatic carbocycles. The van der Waals surface area contributed by atoms with Crippen LogP contribution in [0.25, 0.3) is 0 Å². The van der Waals surface area contributed by atoms with Gasteiger partial charge in [-0.3, -0.25) is 0 Å². The van der Waals surface area contributed by atoms with E-state index in [9.17, 15) is 0 Å². The summed E-state index contributed by atoms with van der Waals surface area (Å²) in [6.07, 6.45) is 2.39. The largest absolute Gasteiger partial charge is 0.317 e. The Bertz CT molecular complexity index is 242. The topological polar surface area (TPSA) is 24.1 Å². The molecular weight excluding hydrogens is 184 g/mol. The molecule has 0 saturated carbocycles. The van der Waals surface area contributed by atoms with E-state index in [1.807, 2.05) is 7.05 Å². The quantitative estimate of drug-likeness (QED) is 0.668. The highest BCUT2D eigenvalue weighted by molar-refractivity contribution is 5.14. The number of rotatable bonds is 7. The van der Waals surface area contributed by atoms with E-state index in [2.05, 4.69) is 47.9 Å². The van der Waals surface area contributed by atoms with Crippen LogP contribution in [0.2, 0.25) is 0 Å². The van der Waals surface area contributed by atoms with E-state index in [1.54, 1.807) is 0 Å². The number of hydrogen-bond acceptors (Lipinski definition) is 2. The van der Waals surface area contributed by atoms with Crippen LogP contribution in [0.15, 0.2) is 30.3 Å². The van der Waals surface area contributed by atoms with Crippen LogP contribution in [-0.2, 0) is 6.54 Å². The van der Waals surface area contributed by atoms with Gasteiger partial charge in [-0.05, 0) is 32.0 Å². The van der Waals surface area contributed by atoms with E-state index < -0.39 is 0 Å². The summed E-state index contributed by atoms with van der Waals surface area (Å²) in [7, 11) is 2.03. The molecule has 0 aliphatic heterocycles. The minimum atomic E-state index is 0.647. The summed E-state index contributed by atoms with van der Waals surface area (Å²) < 4.78 is 0. The maximum absolute atomic E-state index is 3.46. The molecule has 84 valence electrons. The summed E-state index contributed by atoms with van der Waals surface area (Å²) in [4.78, 5) is 0. The van der Waals surface area contributed by atoms with Crippen molar-refractivity contribution >= 4 is 0 Å². The van der Waals surface area contributed by atoms with Gasteiger partial charge in [-0.2, -0.15) is 0 Å². The van der Waals surface area contributed by atoms with Crippen molar-refractivity contribution < 1.29 is 0 Å². The van der Waals surface area contributed by atoms with Gasteiger partial charge in [-0.25, -0.2) is 0 Å². The summed E-state index contributed by atoms with van der Waals surface area (Å²) in [5.74, 6) is 0. The second kappa shape index (κ2) is 7.43. The van der Waals surface area contributed by atoms with Crippen LogP contribution in [0, 0.1) is 0 Å². The number of hydrogen-bond donors (Lipinski definition) is 2. The Hall–Kier alpha value is -0.860. The predicted molar refractivity (Wildman–Crippen MR) is 65.9 cm³/mol. The Morgan fingerprint density at radius 2 is 1.93 bits per heavy atom. The molecule has 0 heterocycles. The SMILES string of the molecule is CCC(CCNCc1ccccc1)NC. The van der Waals surface area contributed by atoms with Crippen LogP contribution >= 0.6 is 0 Å². The average Bonchev–Trinajstić information content (AvgIpc) is 2.31. The van der Waals surface area contributed by atoms with Gasteiger partial charge in [0.25, 0.3) is 0 Å². The van der Waals surface area contributed by atoms with Crippen molar-refractivity contribution in [1.29, 1.82) is 0 Å². The highest BCUT2D eigenvalue weighted by atomic mass is 14.9. The van der Waals surface area contributed by atoms with Gasteiger partial charge in [-0.15, -0.1) is 0 Å². The fraction of sp³-hybridized carbons (Fsp3) is 0.538. The fourth-order valence-electron chi connectivity index (χ4n) is 1.66. The standard InChI is InChI=1S/C13H22N2/c1-3-13(14-2)9-10-15-11-12-7-5-4-6-8-12/h4-8,13-15H,3,9-11H2,1-2H3. The smallest absolute Gasteiger partial charge is 0.0205 e. The molecule has 1 aromatic rings. The van der Waals surface area contributed by atoms with E-state index in [4.69, 9.17) is 0 Å². The van der Waals surface area contributed by atoms with Crippen LogP contribution < -0.4 is 10.6 Å². The molecule has 0 spiro atoms. The van der Waals surface area contributed by atoms with Crippen molar-refractivity contribution in [2.24, 2.45) is 0 Å². The second-order valence-corrected chi connectivity index (χ2v) is 3.84. The lowest BCUT2D eigenvalue weighted by Crippen LogP contribution is -2.28. The van der Waals surface area contributed by atoms with Crippen molar-refractivity contribution in [3.8, 4) is 0 Å². The average molecular weight is 206 g/mol. The first kappa shape index (κ1) is 12.2. The molecule has 1 rings (SSSR count). The molecule has 0 fully saturated rings. The minimum absolute atomic E-state index is 0.647. The molecule has 0 aliphatic rings. The Morgan fingerprint density at radius 1 is 1.20 bits per heavy atom.